The van der Waals surface area contributed by atoms with E-state index < -0.39 is 0 Å². The predicted molar refractivity (Wildman–Crippen MR) is 99.4 cm³/mol. The molecule has 7 nitrogen and oxygen atoms in total. The number of fused-ring (bicyclic) bond motifs is 1. The average Bonchev–Trinajstić information content (AvgIpc) is 3.13. The van der Waals surface area contributed by atoms with Gasteiger partial charge in [-0.15, -0.1) is 11.3 Å². The lowest BCUT2D eigenvalue weighted by molar-refractivity contribution is -0.906. The maximum atomic E-state index is 12.6. The van der Waals surface area contributed by atoms with Gasteiger partial charge in [0.05, 0.1) is 36.5 Å². The Balaban J connectivity index is 1.48. The Morgan fingerprint density at radius 2 is 2.00 bits per heavy atom. The Labute approximate surface area is 155 Å². The van der Waals surface area contributed by atoms with Crippen molar-refractivity contribution < 1.29 is 14.4 Å². The number of nitrogens with zero attached hydrogens (tertiary/aromatic N) is 3. The van der Waals surface area contributed by atoms with E-state index in [2.05, 4.69) is 20.3 Å². The van der Waals surface area contributed by atoms with Crippen LogP contribution in [-0.2, 0) is 4.74 Å². The highest BCUT2D eigenvalue weighted by molar-refractivity contribution is 7.21. The minimum atomic E-state index is -0.208. The molecule has 8 heteroatoms. The summed E-state index contributed by atoms with van der Waals surface area (Å²) in [5.41, 5.74) is 1.76. The molecule has 1 aromatic carbocycles. The van der Waals surface area contributed by atoms with E-state index in [9.17, 15) is 4.79 Å². The van der Waals surface area contributed by atoms with Gasteiger partial charge in [0, 0.05) is 12.4 Å². The quantitative estimate of drug-likeness (QED) is 0.679. The topological polar surface area (TPSA) is 81.4 Å². The van der Waals surface area contributed by atoms with E-state index in [1.165, 1.54) is 16.2 Å². The molecule has 1 aliphatic rings. The number of amides is 1. The van der Waals surface area contributed by atoms with Crippen LogP contribution < -0.4 is 10.2 Å². The van der Waals surface area contributed by atoms with E-state index in [1.54, 1.807) is 12.4 Å². The number of benzene rings is 1. The minimum absolute atomic E-state index is 0.208. The average molecular weight is 370 g/mol. The van der Waals surface area contributed by atoms with Crippen molar-refractivity contribution in [3.05, 3.63) is 42.4 Å². The van der Waals surface area contributed by atoms with Crippen molar-refractivity contribution in [2.45, 2.75) is 0 Å². The Bertz CT molecular complexity index is 874. The Morgan fingerprint density at radius 3 is 2.85 bits per heavy atom. The van der Waals surface area contributed by atoms with Crippen LogP contribution in [0.1, 0.15) is 10.5 Å². The summed E-state index contributed by atoms with van der Waals surface area (Å²) in [4.78, 5) is 27.3. The molecule has 134 valence electrons. The molecule has 3 aromatic rings. The van der Waals surface area contributed by atoms with Crippen LogP contribution in [0.15, 0.2) is 36.7 Å². The van der Waals surface area contributed by atoms with Gasteiger partial charge in [-0.3, -0.25) is 4.79 Å². The highest BCUT2D eigenvalue weighted by Gasteiger charge is 2.19. The van der Waals surface area contributed by atoms with E-state index in [0.717, 1.165) is 43.1 Å². The van der Waals surface area contributed by atoms with Crippen molar-refractivity contribution >= 4 is 27.5 Å². The zero-order valence-corrected chi connectivity index (χ0v) is 15.1. The van der Waals surface area contributed by atoms with Crippen molar-refractivity contribution in [2.24, 2.45) is 0 Å². The number of aromatic nitrogens is 3. The minimum Gasteiger partial charge on any atom is -0.370 e. The molecule has 26 heavy (non-hydrogen) atoms. The molecule has 1 amide bonds. The smallest absolute Gasteiger partial charge is 0.272 e. The summed E-state index contributed by atoms with van der Waals surface area (Å²) in [6, 6.07) is 7.89. The number of quaternary nitrogens is 1. The van der Waals surface area contributed by atoms with Crippen molar-refractivity contribution in [1.29, 1.82) is 0 Å². The number of thiazole rings is 1. The second-order valence-electron chi connectivity index (χ2n) is 6.11. The molecule has 0 aliphatic carbocycles. The molecule has 0 saturated carbocycles. The van der Waals surface area contributed by atoms with Crippen molar-refractivity contribution in [3.63, 3.8) is 0 Å². The summed E-state index contributed by atoms with van der Waals surface area (Å²) >= 11 is 1.52. The van der Waals surface area contributed by atoms with Gasteiger partial charge in [0.25, 0.3) is 5.91 Å². The Hall–Kier alpha value is -2.42. The molecule has 0 radical (unpaired) electrons. The molecule has 1 aliphatic heterocycles. The van der Waals surface area contributed by atoms with E-state index >= 15 is 0 Å². The first kappa shape index (κ1) is 17.0. The first-order chi connectivity index (χ1) is 12.8. The molecular formula is C18H20N5O2S+. The number of carbonyl (C=O) groups is 1. The summed E-state index contributed by atoms with van der Waals surface area (Å²) in [5.74, 6) is -0.208. The number of rotatable bonds is 5. The fraction of sp³-hybridized carbons (Fsp3) is 0.333. The summed E-state index contributed by atoms with van der Waals surface area (Å²) < 4.78 is 6.42. The predicted octanol–water partition coefficient (Wildman–Crippen LogP) is 0.398. The Kier molecular flexibility index (Phi) is 5.14. The summed E-state index contributed by atoms with van der Waals surface area (Å²) in [5, 5.41) is 3.68. The van der Waals surface area contributed by atoms with Gasteiger partial charge in [-0.2, -0.15) is 0 Å². The maximum absolute atomic E-state index is 12.6. The van der Waals surface area contributed by atoms with Crippen LogP contribution in [-0.4, -0.2) is 60.3 Å². The molecule has 1 saturated heterocycles. The molecule has 0 spiro atoms. The largest absolute Gasteiger partial charge is 0.370 e. The lowest BCUT2D eigenvalue weighted by Crippen LogP contribution is -3.14. The number of morpholine rings is 1. The van der Waals surface area contributed by atoms with Gasteiger partial charge in [-0.25, -0.2) is 15.0 Å². The molecule has 1 fully saturated rings. The molecule has 0 atom stereocenters. The van der Waals surface area contributed by atoms with Crippen molar-refractivity contribution in [3.8, 4) is 10.7 Å². The molecular weight excluding hydrogens is 350 g/mol. The number of carbonyl (C=O) groups excluding carboxylic acids is 1. The maximum Gasteiger partial charge on any atom is 0.272 e. The zero-order chi connectivity index (χ0) is 17.8. The molecule has 2 aromatic heterocycles. The van der Waals surface area contributed by atoms with Crippen LogP contribution in [0.2, 0.25) is 0 Å². The lowest BCUT2D eigenvalue weighted by Gasteiger charge is -2.23. The highest BCUT2D eigenvalue weighted by Crippen LogP contribution is 2.29. The van der Waals surface area contributed by atoms with Gasteiger partial charge < -0.3 is 15.0 Å². The summed E-state index contributed by atoms with van der Waals surface area (Å²) in [7, 11) is 0. The van der Waals surface area contributed by atoms with Gasteiger partial charge in [0.2, 0.25) is 0 Å². The third kappa shape index (κ3) is 3.72. The standard InChI is InChI=1S/C18H19N5O2S/c24-17(21-7-8-23-9-11-25-12-10-23)15-16(20-6-5-19-15)18-22-13-3-1-2-4-14(13)26-18/h1-6H,7-12H2,(H,21,24)/p+1. The summed E-state index contributed by atoms with van der Waals surface area (Å²) in [6.45, 7) is 5.02. The number of hydrogen-bond acceptors (Lipinski definition) is 6. The first-order valence-corrected chi connectivity index (χ1v) is 9.49. The first-order valence-electron chi connectivity index (χ1n) is 8.68. The van der Waals surface area contributed by atoms with Gasteiger partial charge >= 0.3 is 0 Å². The van der Waals surface area contributed by atoms with E-state index in [4.69, 9.17) is 4.74 Å². The van der Waals surface area contributed by atoms with E-state index in [1.807, 2.05) is 24.3 Å². The van der Waals surface area contributed by atoms with Crippen LogP contribution in [0.4, 0.5) is 0 Å². The number of nitrogens with one attached hydrogen (secondary N) is 2. The molecule has 2 N–H and O–H groups in total. The van der Waals surface area contributed by atoms with Crippen LogP contribution in [0.3, 0.4) is 0 Å². The third-order valence-electron chi connectivity index (χ3n) is 4.37. The van der Waals surface area contributed by atoms with Gasteiger partial charge in [-0.05, 0) is 12.1 Å². The van der Waals surface area contributed by atoms with E-state index in [-0.39, 0.29) is 5.91 Å². The normalized spacial score (nSPS) is 15.2. The fourth-order valence-electron chi connectivity index (χ4n) is 2.98. The fourth-order valence-corrected chi connectivity index (χ4v) is 3.94. The molecule has 3 heterocycles. The zero-order valence-electron chi connectivity index (χ0n) is 14.3. The third-order valence-corrected chi connectivity index (χ3v) is 5.42. The summed E-state index contributed by atoms with van der Waals surface area (Å²) in [6.07, 6.45) is 3.13. The molecule has 0 bridgehead atoms. The van der Waals surface area contributed by atoms with Gasteiger partial charge in [-0.1, -0.05) is 12.1 Å². The van der Waals surface area contributed by atoms with Gasteiger partial charge in [0.15, 0.2) is 5.69 Å². The van der Waals surface area contributed by atoms with Crippen LogP contribution in [0.25, 0.3) is 20.9 Å². The van der Waals surface area contributed by atoms with E-state index in [0.29, 0.717) is 22.9 Å². The number of ether oxygens (including phenoxy) is 1. The monoisotopic (exact) mass is 370 g/mol. The number of para-hydroxylation sites is 1. The SMILES string of the molecule is O=C(NCC[NH+]1CCOCC1)c1nccnc1-c1nc2ccccc2s1. The lowest BCUT2D eigenvalue weighted by atomic mass is 10.3. The van der Waals surface area contributed by atoms with Crippen LogP contribution in [0, 0.1) is 0 Å². The highest BCUT2D eigenvalue weighted by atomic mass is 32.1. The van der Waals surface area contributed by atoms with Crippen molar-refractivity contribution in [2.75, 3.05) is 39.4 Å². The van der Waals surface area contributed by atoms with Crippen molar-refractivity contribution in [1.82, 2.24) is 20.3 Å². The second kappa shape index (κ2) is 7.86. The van der Waals surface area contributed by atoms with Gasteiger partial charge in [0.1, 0.15) is 23.8 Å². The Morgan fingerprint density at radius 1 is 1.19 bits per heavy atom. The number of hydrogen-bond donors (Lipinski definition) is 2. The molecule has 4 rings (SSSR count). The van der Waals surface area contributed by atoms with Crippen LogP contribution in [0.5, 0.6) is 0 Å². The molecule has 0 unspecified atom stereocenters. The second-order valence-corrected chi connectivity index (χ2v) is 7.14. The van der Waals surface area contributed by atoms with Crippen LogP contribution >= 0.6 is 11.3 Å².